The number of aliphatic imine (C=N–C) groups is 2. The van der Waals surface area contributed by atoms with E-state index in [-0.39, 0.29) is 16.9 Å². The molecule has 168 valence electrons. The highest BCUT2D eigenvalue weighted by molar-refractivity contribution is 5.82. The van der Waals surface area contributed by atoms with Gasteiger partial charge >= 0.3 is 0 Å². The molecule has 1 saturated carbocycles. The van der Waals surface area contributed by atoms with Crippen LogP contribution in [0.2, 0.25) is 0 Å². The van der Waals surface area contributed by atoms with Gasteiger partial charge < -0.3 is 0 Å². The molecule has 0 spiro atoms. The smallest absolute Gasteiger partial charge is 0.222 e. The second-order valence-electron chi connectivity index (χ2n) is 8.39. The number of carbonyl (C=O) groups excluding carboxylic acids is 4. The molecule has 0 radical (unpaired) electrons. The van der Waals surface area contributed by atoms with Crippen LogP contribution < -0.4 is 0 Å². The third-order valence-electron chi connectivity index (χ3n) is 4.84. The first kappa shape index (κ1) is 28.2. The molecule has 1 aliphatic rings. The van der Waals surface area contributed by atoms with E-state index in [4.69, 9.17) is 20.4 Å². The highest BCUT2D eigenvalue weighted by atomic mass is 16.1. The number of benzene rings is 2. The molecule has 2 aromatic rings. The van der Waals surface area contributed by atoms with E-state index in [1.807, 2.05) is 0 Å². The van der Waals surface area contributed by atoms with Crippen LogP contribution in [0.1, 0.15) is 40.0 Å². The van der Waals surface area contributed by atoms with Crippen LogP contribution in [0.5, 0.6) is 0 Å². The Labute approximate surface area is 187 Å². The summed E-state index contributed by atoms with van der Waals surface area (Å²) in [6.45, 7) is 6.86. The van der Waals surface area contributed by atoms with Gasteiger partial charge in [0.25, 0.3) is 0 Å². The zero-order valence-corrected chi connectivity index (χ0v) is 18.6. The van der Waals surface area contributed by atoms with Crippen molar-refractivity contribution in [3.63, 3.8) is 0 Å². The summed E-state index contributed by atoms with van der Waals surface area (Å²) in [5.41, 5.74) is 0.0561. The second-order valence-corrected chi connectivity index (χ2v) is 8.39. The van der Waals surface area contributed by atoms with Crippen LogP contribution in [-0.2, 0) is 19.2 Å². The van der Waals surface area contributed by atoms with Gasteiger partial charge in [0, 0.05) is 0 Å². The number of nitrogens with one attached hydrogen (secondary N) is 2. The molecular weight excluding hydrogens is 408 g/mol. The normalized spacial score (nSPS) is 19.8. The first-order chi connectivity index (χ1) is 15.2. The van der Waals surface area contributed by atoms with Gasteiger partial charge in [-0.25, -0.2) is 40.0 Å². The lowest BCUT2D eigenvalue weighted by atomic mass is 9.63. The average Bonchev–Trinajstić information content (AvgIpc) is 2.73. The maximum atomic E-state index is 10.3. The third-order valence-corrected chi connectivity index (χ3v) is 4.84. The Balaban J connectivity index is 0.000000508. The standard InChI is InChI=1S/C12H18N2O2.C10H8.2CHNO/c1-11(2)4-10(14-9-16)5-12(3,6-11)7-13-8-15;1-2-6-10-8-4-3-7-9(10)5-1;2*2-1-3/h10H,4-7H2,1-3H3;1-8H;2*2H. The summed E-state index contributed by atoms with van der Waals surface area (Å²) in [6, 6.07) is 16.7. The Morgan fingerprint density at radius 3 is 1.66 bits per heavy atom. The number of isocyanates is 4. The van der Waals surface area contributed by atoms with Crippen LogP contribution in [0.25, 0.3) is 10.8 Å². The van der Waals surface area contributed by atoms with Crippen LogP contribution in [-0.4, -0.2) is 36.9 Å². The maximum absolute atomic E-state index is 10.3. The fraction of sp³-hybridized carbons (Fsp3) is 0.417. The first-order valence-electron chi connectivity index (χ1n) is 9.83. The summed E-state index contributed by atoms with van der Waals surface area (Å²) in [5.74, 6) is 0. The molecule has 0 aromatic heterocycles. The first-order valence-corrected chi connectivity index (χ1v) is 9.83. The lowest BCUT2D eigenvalue weighted by Crippen LogP contribution is -2.39. The topological polar surface area (TPSA) is 141 Å². The summed E-state index contributed by atoms with van der Waals surface area (Å²) >= 11 is 0. The summed E-state index contributed by atoms with van der Waals surface area (Å²) < 4.78 is 0. The van der Waals surface area contributed by atoms with Crippen molar-refractivity contribution in [3.05, 3.63) is 48.5 Å². The van der Waals surface area contributed by atoms with Gasteiger partial charge in [-0.15, -0.1) is 0 Å². The largest absolute Gasteiger partial charge is 0.235 e. The molecule has 0 heterocycles. The molecule has 32 heavy (non-hydrogen) atoms. The molecule has 2 N–H and O–H groups in total. The molecule has 0 aliphatic heterocycles. The van der Waals surface area contributed by atoms with E-state index in [2.05, 4.69) is 79.3 Å². The van der Waals surface area contributed by atoms with Crippen LogP contribution in [0.15, 0.2) is 58.5 Å². The molecule has 2 unspecified atom stereocenters. The van der Waals surface area contributed by atoms with Crippen LogP contribution in [0, 0.1) is 21.6 Å². The lowest BCUT2D eigenvalue weighted by molar-refractivity contribution is 0.0915. The van der Waals surface area contributed by atoms with Crippen molar-refractivity contribution in [2.75, 3.05) is 6.54 Å². The van der Waals surface area contributed by atoms with Gasteiger partial charge in [0.2, 0.25) is 24.3 Å². The molecule has 0 bridgehead atoms. The SMILES string of the molecule is CC1(C)CC(N=C=O)CC(C)(CN=C=O)C1.N=C=O.N=C=O.c1ccc2ccccc2c1. The van der Waals surface area contributed by atoms with Crippen molar-refractivity contribution >= 4 is 35.1 Å². The lowest BCUT2D eigenvalue weighted by Gasteiger charge is -2.44. The van der Waals surface area contributed by atoms with E-state index in [1.54, 1.807) is 12.2 Å². The molecule has 8 nitrogen and oxygen atoms in total. The van der Waals surface area contributed by atoms with Gasteiger partial charge in [-0.2, -0.15) is 0 Å². The zero-order chi connectivity index (χ0) is 24.5. The zero-order valence-electron chi connectivity index (χ0n) is 18.6. The minimum Gasteiger partial charge on any atom is -0.222 e. The van der Waals surface area contributed by atoms with Crippen molar-refractivity contribution in [3.8, 4) is 0 Å². The highest BCUT2D eigenvalue weighted by Crippen LogP contribution is 2.47. The van der Waals surface area contributed by atoms with Gasteiger partial charge in [0.05, 0.1) is 12.6 Å². The molecule has 1 aliphatic carbocycles. The van der Waals surface area contributed by atoms with E-state index in [0.29, 0.717) is 6.54 Å². The van der Waals surface area contributed by atoms with Crippen molar-refractivity contribution in [2.24, 2.45) is 20.8 Å². The van der Waals surface area contributed by atoms with E-state index in [0.717, 1.165) is 31.4 Å². The number of rotatable bonds is 3. The minimum atomic E-state index is -0.0653. The number of hydrogen-bond donors (Lipinski definition) is 2. The molecule has 2 atom stereocenters. The summed E-state index contributed by atoms with van der Waals surface area (Å²) in [6.07, 6.45) is 7.38. The molecule has 0 saturated heterocycles. The quantitative estimate of drug-likeness (QED) is 0.522. The fourth-order valence-electron chi connectivity index (χ4n) is 4.22. The molecule has 2 aromatic carbocycles. The van der Waals surface area contributed by atoms with E-state index >= 15 is 0 Å². The number of nitrogens with zero attached hydrogens (tertiary/aromatic N) is 2. The summed E-state index contributed by atoms with van der Waals surface area (Å²) in [7, 11) is 0. The van der Waals surface area contributed by atoms with Gasteiger partial charge in [-0.05, 0) is 40.9 Å². The molecule has 8 heteroatoms. The highest BCUT2D eigenvalue weighted by Gasteiger charge is 2.41. The monoisotopic (exact) mass is 436 g/mol. The van der Waals surface area contributed by atoms with Crippen LogP contribution >= 0.6 is 0 Å². The van der Waals surface area contributed by atoms with Gasteiger partial charge in [-0.1, -0.05) is 69.3 Å². The Bertz CT molecular complexity index is 934. The summed E-state index contributed by atoms with van der Waals surface area (Å²) in [4.78, 5) is 44.7. The minimum absolute atomic E-state index is 0.00750. The number of hydrogen-bond acceptors (Lipinski definition) is 8. The second kappa shape index (κ2) is 15.1. The van der Waals surface area contributed by atoms with Crippen molar-refractivity contribution in [1.29, 1.82) is 10.8 Å². The Morgan fingerprint density at radius 2 is 1.28 bits per heavy atom. The molecule has 0 amide bonds. The molecule has 3 rings (SSSR count). The van der Waals surface area contributed by atoms with E-state index < -0.39 is 0 Å². The fourth-order valence-corrected chi connectivity index (χ4v) is 4.22. The van der Waals surface area contributed by atoms with Gasteiger partial charge in [0.1, 0.15) is 0 Å². The summed E-state index contributed by atoms with van der Waals surface area (Å²) in [5, 5.41) is 13.4. The Hall–Kier alpha value is -3.78. The number of fused-ring (bicyclic) bond motifs is 1. The van der Waals surface area contributed by atoms with Crippen molar-refractivity contribution < 1.29 is 19.2 Å². The van der Waals surface area contributed by atoms with Crippen molar-refractivity contribution in [2.45, 2.75) is 46.1 Å². The maximum Gasteiger partial charge on any atom is 0.235 e. The predicted molar refractivity (Wildman–Crippen MR) is 121 cm³/mol. The molecular formula is C24H28N4O4. The third kappa shape index (κ3) is 11.4. The van der Waals surface area contributed by atoms with Gasteiger partial charge in [-0.3, -0.25) is 0 Å². The molecule has 1 fully saturated rings. The predicted octanol–water partition coefficient (Wildman–Crippen LogP) is 4.88. The van der Waals surface area contributed by atoms with E-state index in [9.17, 15) is 9.59 Å². The van der Waals surface area contributed by atoms with Gasteiger partial charge in [0.15, 0.2) is 0 Å². The van der Waals surface area contributed by atoms with Crippen molar-refractivity contribution in [1.82, 2.24) is 0 Å². The average molecular weight is 437 g/mol. The van der Waals surface area contributed by atoms with E-state index in [1.165, 1.54) is 10.8 Å². The van der Waals surface area contributed by atoms with Crippen LogP contribution in [0.4, 0.5) is 0 Å². The Morgan fingerprint density at radius 1 is 0.844 bits per heavy atom. The Kier molecular flexibility index (Phi) is 13.3. The van der Waals surface area contributed by atoms with Crippen LogP contribution in [0.3, 0.4) is 0 Å².